The summed E-state index contributed by atoms with van der Waals surface area (Å²) in [7, 11) is 1.92. The van der Waals surface area contributed by atoms with Gasteiger partial charge in [-0.15, -0.1) is 5.10 Å². The first-order valence-electron chi connectivity index (χ1n) is 11.7. The van der Waals surface area contributed by atoms with E-state index >= 15 is 0 Å². The molecule has 0 saturated heterocycles. The van der Waals surface area contributed by atoms with Crippen LogP contribution in [0.5, 0.6) is 0 Å². The fourth-order valence-corrected chi connectivity index (χ4v) is 5.26. The van der Waals surface area contributed by atoms with Crippen LogP contribution in [0.1, 0.15) is 23.7 Å². The molecule has 1 unspecified atom stereocenters. The van der Waals surface area contributed by atoms with Crippen LogP contribution in [0, 0.1) is 0 Å². The summed E-state index contributed by atoms with van der Waals surface area (Å²) in [5, 5.41) is 17.1. The number of halogens is 1. The molecule has 6 aromatic rings. The van der Waals surface area contributed by atoms with Crippen molar-refractivity contribution in [2.45, 2.75) is 12.5 Å². The van der Waals surface area contributed by atoms with Crippen LogP contribution >= 0.6 is 11.6 Å². The third kappa shape index (κ3) is 3.73. The van der Waals surface area contributed by atoms with Crippen molar-refractivity contribution in [1.82, 2.24) is 34.9 Å². The van der Waals surface area contributed by atoms with Crippen LogP contribution in [-0.2, 0) is 17.4 Å². The van der Waals surface area contributed by atoms with Crippen LogP contribution in [0.3, 0.4) is 0 Å². The molecule has 0 aliphatic carbocycles. The molecule has 1 amide bonds. The Morgan fingerprint density at radius 2 is 1.81 bits per heavy atom. The number of aryl methyl sites for hydroxylation is 1. The van der Waals surface area contributed by atoms with Crippen molar-refractivity contribution in [1.29, 1.82) is 0 Å². The molecule has 182 valence electrons. The minimum atomic E-state index is -1.01. The number of carbonyl (C=O) groups excluding carboxylic acids is 1. The van der Waals surface area contributed by atoms with Gasteiger partial charge in [-0.05, 0) is 63.0 Å². The Morgan fingerprint density at radius 1 is 0.973 bits per heavy atom. The monoisotopic (exact) mass is 507 g/mol. The molecule has 3 aromatic heterocycles. The maximum atomic E-state index is 12.8. The maximum Gasteiger partial charge on any atom is 0.218 e. The van der Waals surface area contributed by atoms with E-state index < -0.39 is 5.54 Å². The second kappa shape index (κ2) is 8.83. The predicted octanol–water partition coefficient (Wildman–Crippen LogP) is 4.76. The van der Waals surface area contributed by atoms with E-state index in [9.17, 15) is 4.79 Å². The molecule has 1 N–H and O–H groups in total. The molecule has 3 aromatic carbocycles. The van der Waals surface area contributed by atoms with Crippen molar-refractivity contribution in [3.05, 3.63) is 113 Å². The van der Waals surface area contributed by atoms with Gasteiger partial charge in [0.25, 0.3) is 0 Å². The summed E-state index contributed by atoms with van der Waals surface area (Å²) < 4.78 is 3.63. The van der Waals surface area contributed by atoms with Gasteiger partial charge >= 0.3 is 0 Å². The lowest BCUT2D eigenvalue weighted by atomic mass is 9.79. The lowest BCUT2D eigenvalue weighted by Crippen LogP contribution is -2.48. The van der Waals surface area contributed by atoms with Gasteiger partial charge in [-0.1, -0.05) is 60.1 Å². The lowest BCUT2D eigenvalue weighted by Gasteiger charge is -2.36. The molecule has 0 spiro atoms. The zero-order valence-corrected chi connectivity index (χ0v) is 20.9. The Morgan fingerprint density at radius 3 is 2.54 bits per heavy atom. The summed E-state index contributed by atoms with van der Waals surface area (Å²) in [5.41, 5.74) is 4.90. The molecule has 1 atom stereocenters. The number of aromatic nitrogens is 6. The van der Waals surface area contributed by atoms with Crippen molar-refractivity contribution in [2.75, 3.05) is 0 Å². The van der Waals surface area contributed by atoms with Crippen LogP contribution in [0.4, 0.5) is 0 Å². The summed E-state index contributed by atoms with van der Waals surface area (Å²) >= 11 is 6.37. The second-order valence-corrected chi connectivity index (χ2v) is 9.37. The molecule has 0 aliphatic heterocycles. The number of imidazole rings is 1. The van der Waals surface area contributed by atoms with E-state index in [0.29, 0.717) is 10.7 Å². The average molecular weight is 508 g/mol. The molecule has 8 nitrogen and oxygen atoms in total. The van der Waals surface area contributed by atoms with Crippen LogP contribution < -0.4 is 5.32 Å². The summed E-state index contributed by atoms with van der Waals surface area (Å²) in [6, 6.07) is 25.6. The molecule has 37 heavy (non-hydrogen) atoms. The number of hydrogen-bond donors (Lipinski definition) is 1. The third-order valence-electron chi connectivity index (χ3n) is 6.62. The number of carbonyl (C=O) groups is 1. The third-order valence-corrected chi connectivity index (χ3v) is 6.86. The van der Waals surface area contributed by atoms with E-state index in [2.05, 4.69) is 31.9 Å². The quantitative estimate of drug-likeness (QED) is 0.363. The molecular weight excluding hydrogens is 486 g/mol. The van der Waals surface area contributed by atoms with Gasteiger partial charge in [0.15, 0.2) is 5.65 Å². The van der Waals surface area contributed by atoms with Gasteiger partial charge in [0.2, 0.25) is 5.91 Å². The normalized spacial score (nSPS) is 13.1. The number of fused-ring (bicyclic) bond motifs is 3. The maximum absolute atomic E-state index is 12.8. The van der Waals surface area contributed by atoms with E-state index in [4.69, 9.17) is 11.6 Å². The van der Waals surface area contributed by atoms with Crippen molar-refractivity contribution >= 4 is 34.1 Å². The number of nitrogens with zero attached hydrogens (tertiary/aromatic N) is 6. The number of hydrogen-bond acceptors (Lipinski definition) is 5. The van der Waals surface area contributed by atoms with Gasteiger partial charge in [-0.25, -0.2) is 4.98 Å². The average Bonchev–Trinajstić information content (AvgIpc) is 3.56. The lowest BCUT2D eigenvalue weighted by molar-refractivity contribution is -0.120. The number of rotatable bonds is 5. The number of nitrogens with one attached hydrogen (secondary N) is 1. The fourth-order valence-electron chi connectivity index (χ4n) is 5.07. The molecule has 0 saturated carbocycles. The number of tetrazole rings is 1. The number of benzene rings is 3. The number of amides is 1. The highest BCUT2D eigenvalue weighted by molar-refractivity contribution is 6.30. The van der Waals surface area contributed by atoms with Gasteiger partial charge in [0.05, 0.1) is 23.7 Å². The molecule has 0 bridgehead atoms. The summed E-state index contributed by atoms with van der Waals surface area (Å²) in [4.78, 5) is 17.1. The van der Waals surface area contributed by atoms with Gasteiger partial charge < -0.3 is 9.88 Å². The van der Waals surface area contributed by atoms with Crippen molar-refractivity contribution in [2.24, 2.45) is 7.05 Å². The molecule has 0 aliphatic rings. The Hall–Kier alpha value is -4.56. The predicted molar refractivity (Wildman–Crippen MR) is 142 cm³/mol. The SMILES string of the molecule is CC(=O)NC(c1ccccc1)(c1ccc2c(c1)c(-c1cccc(Cl)c1)cc1nnnn12)c1cncn1C. The second-order valence-electron chi connectivity index (χ2n) is 8.94. The highest BCUT2D eigenvalue weighted by atomic mass is 35.5. The van der Waals surface area contributed by atoms with Gasteiger partial charge in [0.1, 0.15) is 5.54 Å². The zero-order valence-electron chi connectivity index (χ0n) is 20.1. The summed E-state index contributed by atoms with van der Waals surface area (Å²) in [5.74, 6) is -0.170. The van der Waals surface area contributed by atoms with Crippen LogP contribution in [0.2, 0.25) is 5.02 Å². The fraction of sp³-hybridized carbons (Fsp3) is 0.107. The molecular formula is C28H22ClN7O. The van der Waals surface area contributed by atoms with E-state index in [1.54, 1.807) is 17.0 Å². The van der Waals surface area contributed by atoms with Gasteiger partial charge in [-0.3, -0.25) is 4.79 Å². The van der Waals surface area contributed by atoms with Gasteiger partial charge in [-0.2, -0.15) is 4.52 Å². The topological polar surface area (TPSA) is 90.0 Å². The van der Waals surface area contributed by atoms with Crippen molar-refractivity contribution < 1.29 is 4.79 Å². The molecule has 0 fully saturated rings. The van der Waals surface area contributed by atoms with Crippen LogP contribution in [0.25, 0.3) is 27.7 Å². The Bertz CT molecular complexity index is 1780. The first kappa shape index (κ1) is 22.9. The van der Waals surface area contributed by atoms with Gasteiger partial charge in [0, 0.05) is 24.4 Å². The number of pyridine rings is 1. The molecule has 3 heterocycles. The van der Waals surface area contributed by atoms with Crippen molar-refractivity contribution in [3.63, 3.8) is 0 Å². The molecule has 0 radical (unpaired) electrons. The molecule has 9 heteroatoms. The van der Waals surface area contributed by atoms with E-state index in [1.807, 2.05) is 84.4 Å². The minimum Gasteiger partial charge on any atom is -0.337 e. The highest BCUT2D eigenvalue weighted by Crippen LogP contribution is 2.40. The molecule has 6 rings (SSSR count). The van der Waals surface area contributed by atoms with Crippen molar-refractivity contribution in [3.8, 4) is 11.1 Å². The van der Waals surface area contributed by atoms with E-state index in [0.717, 1.165) is 38.9 Å². The Kier molecular flexibility index (Phi) is 5.46. The highest BCUT2D eigenvalue weighted by Gasteiger charge is 2.40. The van der Waals surface area contributed by atoms with Crippen LogP contribution in [-0.4, -0.2) is 35.5 Å². The first-order chi connectivity index (χ1) is 18.0. The summed E-state index contributed by atoms with van der Waals surface area (Å²) in [6.45, 7) is 1.52. The smallest absolute Gasteiger partial charge is 0.218 e. The standard InChI is InChI=1S/C28H22ClN7O/c1-18(37)31-28(20-8-4-3-5-9-20,26-16-30-17-35(26)2)21-11-12-25-24(14-21)23(15-27-32-33-34-36(25)27)19-7-6-10-22(29)13-19/h3-17H,1-2H3,(H,31,37). The van der Waals surface area contributed by atoms with E-state index in [1.165, 1.54) is 6.92 Å². The Labute approximate surface area is 217 Å². The minimum absolute atomic E-state index is 0.170. The Balaban J connectivity index is 1.73. The zero-order chi connectivity index (χ0) is 25.6. The first-order valence-corrected chi connectivity index (χ1v) is 12.1. The van der Waals surface area contributed by atoms with Crippen LogP contribution in [0.15, 0.2) is 91.4 Å². The largest absolute Gasteiger partial charge is 0.337 e. The summed E-state index contributed by atoms with van der Waals surface area (Å²) in [6.07, 6.45) is 3.52. The van der Waals surface area contributed by atoms with E-state index in [-0.39, 0.29) is 5.91 Å².